The molecule has 0 aromatic heterocycles. The molecule has 1 N–H and O–H groups in total. The highest BCUT2D eigenvalue weighted by Crippen LogP contribution is 2.11. The van der Waals surface area contributed by atoms with Gasteiger partial charge in [0.15, 0.2) is 0 Å². The van der Waals surface area contributed by atoms with Crippen LogP contribution < -0.4 is 10.1 Å². The molecule has 0 aliphatic heterocycles. The van der Waals surface area contributed by atoms with Crippen molar-refractivity contribution in [2.45, 2.75) is 25.8 Å². The Morgan fingerprint density at radius 2 is 2.06 bits per heavy atom. The Labute approximate surface area is 96.8 Å². The topological polar surface area (TPSA) is 38.3 Å². The Bertz CT molecular complexity index is 308. The molecule has 0 fully saturated rings. The van der Waals surface area contributed by atoms with E-state index in [1.165, 1.54) is 0 Å². The molecule has 0 aliphatic rings. The maximum absolute atomic E-state index is 10.5. The van der Waals surface area contributed by atoms with Crippen LogP contribution in [0.15, 0.2) is 24.3 Å². The van der Waals surface area contributed by atoms with Gasteiger partial charge in [0.25, 0.3) is 0 Å². The summed E-state index contributed by atoms with van der Waals surface area (Å²) in [4.78, 5) is 10.5. The van der Waals surface area contributed by atoms with Crippen LogP contribution >= 0.6 is 0 Å². The summed E-state index contributed by atoms with van der Waals surface area (Å²) in [5.74, 6) is 0.807. The van der Waals surface area contributed by atoms with E-state index in [-0.39, 0.29) is 0 Å². The van der Waals surface area contributed by atoms with Gasteiger partial charge in [0.2, 0.25) is 0 Å². The van der Waals surface area contributed by atoms with E-state index in [1.807, 2.05) is 19.2 Å². The lowest BCUT2D eigenvalue weighted by atomic mass is 10.2. The predicted octanol–water partition coefficient (Wildman–Crippen LogP) is 2.27. The van der Waals surface area contributed by atoms with Crippen molar-refractivity contribution < 1.29 is 9.53 Å². The van der Waals surface area contributed by atoms with Gasteiger partial charge < -0.3 is 10.1 Å². The fourth-order valence-electron chi connectivity index (χ4n) is 1.50. The molecule has 0 radical (unpaired) electrons. The molecule has 1 unspecified atom stereocenters. The molecule has 0 aliphatic carbocycles. The Morgan fingerprint density at radius 1 is 1.38 bits per heavy atom. The van der Waals surface area contributed by atoms with E-state index in [2.05, 4.69) is 12.2 Å². The standard InChI is InChI=1S/C13H19NO2/c1-3-4-12(14-2)10-16-13-7-5-11(9-15)6-8-13/h5-9,12,14H,3-4,10H2,1-2H3. The summed E-state index contributed by atoms with van der Waals surface area (Å²) in [6, 6.07) is 7.55. The van der Waals surface area contributed by atoms with Crippen LogP contribution in [-0.4, -0.2) is 26.0 Å². The molecular weight excluding hydrogens is 202 g/mol. The highest BCUT2D eigenvalue weighted by Gasteiger charge is 2.05. The number of rotatable bonds is 7. The summed E-state index contributed by atoms with van der Waals surface area (Å²) in [5.41, 5.74) is 0.672. The van der Waals surface area contributed by atoms with Crippen molar-refractivity contribution >= 4 is 6.29 Å². The lowest BCUT2D eigenvalue weighted by molar-refractivity contribution is 0.112. The minimum Gasteiger partial charge on any atom is -0.492 e. The summed E-state index contributed by atoms with van der Waals surface area (Å²) in [5, 5.41) is 3.21. The summed E-state index contributed by atoms with van der Waals surface area (Å²) >= 11 is 0. The Kier molecular flexibility index (Phi) is 5.57. The first-order chi connectivity index (χ1) is 7.80. The number of hydrogen-bond donors (Lipinski definition) is 1. The molecule has 0 saturated heterocycles. The van der Waals surface area contributed by atoms with Crippen molar-refractivity contribution in [1.82, 2.24) is 5.32 Å². The van der Waals surface area contributed by atoms with Gasteiger partial charge in [0, 0.05) is 11.6 Å². The molecule has 0 heterocycles. The summed E-state index contributed by atoms with van der Waals surface area (Å²) in [7, 11) is 1.94. The van der Waals surface area contributed by atoms with Gasteiger partial charge in [0.05, 0.1) is 0 Å². The lowest BCUT2D eigenvalue weighted by Gasteiger charge is -2.16. The van der Waals surface area contributed by atoms with Crippen molar-refractivity contribution in [1.29, 1.82) is 0 Å². The first-order valence-corrected chi connectivity index (χ1v) is 5.65. The van der Waals surface area contributed by atoms with Crippen molar-refractivity contribution in [2.75, 3.05) is 13.7 Å². The van der Waals surface area contributed by atoms with Gasteiger partial charge in [-0.3, -0.25) is 4.79 Å². The molecule has 1 aromatic carbocycles. The van der Waals surface area contributed by atoms with E-state index in [1.54, 1.807) is 12.1 Å². The van der Waals surface area contributed by atoms with E-state index < -0.39 is 0 Å². The monoisotopic (exact) mass is 221 g/mol. The van der Waals surface area contributed by atoms with Crippen LogP contribution in [0.2, 0.25) is 0 Å². The predicted molar refractivity (Wildman–Crippen MR) is 65.1 cm³/mol. The van der Waals surface area contributed by atoms with Crippen LogP contribution in [0.3, 0.4) is 0 Å². The molecule has 88 valence electrons. The number of carbonyl (C=O) groups is 1. The van der Waals surface area contributed by atoms with Gasteiger partial charge in [-0.05, 0) is 37.7 Å². The molecular formula is C13H19NO2. The fourth-order valence-corrected chi connectivity index (χ4v) is 1.50. The zero-order chi connectivity index (χ0) is 11.8. The average molecular weight is 221 g/mol. The minimum absolute atomic E-state index is 0.385. The van der Waals surface area contributed by atoms with Gasteiger partial charge in [0.1, 0.15) is 18.6 Å². The van der Waals surface area contributed by atoms with Crippen molar-refractivity contribution in [3.05, 3.63) is 29.8 Å². The number of aldehydes is 1. The van der Waals surface area contributed by atoms with Crippen molar-refractivity contribution in [3.8, 4) is 5.75 Å². The van der Waals surface area contributed by atoms with Crippen LogP contribution in [-0.2, 0) is 0 Å². The number of carbonyl (C=O) groups excluding carboxylic acids is 1. The smallest absolute Gasteiger partial charge is 0.150 e. The third-order valence-electron chi connectivity index (χ3n) is 2.51. The number of ether oxygens (including phenoxy) is 1. The van der Waals surface area contributed by atoms with Crippen molar-refractivity contribution in [3.63, 3.8) is 0 Å². The van der Waals surface area contributed by atoms with E-state index in [0.29, 0.717) is 18.2 Å². The van der Waals surface area contributed by atoms with Crippen LogP contribution in [0.1, 0.15) is 30.1 Å². The average Bonchev–Trinajstić information content (AvgIpc) is 2.35. The lowest BCUT2D eigenvalue weighted by Crippen LogP contribution is -2.31. The fraction of sp³-hybridized carbons (Fsp3) is 0.462. The zero-order valence-corrected chi connectivity index (χ0v) is 9.90. The van der Waals surface area contributed by atoms with E-state index in [0.717, 1.165) is 24.9 Å². The molecule has 0 amide bonds. The Morgan fingerprint density at radius 3 is 2.56 bits per heavy atom. The molecule has 1 aromatic rings. The highest BCUT2D eigenvalue weighted by molar-refractivity contribution is 5.74. The van der Waals surface area contributed by atoms with Gasteiger partial charge in [-0.25, -0.2) is 0 Å². The SMILES string of the molecule is CCCC(COc1ccc(C=O)cc1)NC. The molecule has 0 saturated carbocycles. The Hall–Kier alpha value is -1.35. The third kappa shape index (κ3) is 4.03. The normalized spacial score (nSPS) is 12.1. The molecule has 3 heteroatoms. The van der Waals surface area contributed by atoms with Gasteiger partial charge in [-0.1, -0.05) is 13.3 Å². The number of nitrogens with one attached hydrogen (secondary N) is 1. The highest BCUT2D eigenvalue weighted by atomic mass is 16.5. The molecule has 3 nitrogen and oxygen atoms in total. The third-order valence-corrected chi connectivity index (χ3v) is 2.51. The van der Waals surface area contributed by atoms with Crippen LogP contribution in [0, 0.1) is 0 Å². The first-order valence-electron chi connectivity index (χ1n) is 5.65. The first kappa shape index (κ1) is 12.7. The van der Waals surface area contributed by atoms with Gasteiger partial charge in [-0.2, -0.15) is 0 Å². The second kappa shape index (κ2) is 7.01. The second-order valence-electron chi connectivity index (χ2n) is 3.77. The van der Waals surface area contributed by atoms with E-state index in [4.69, 9.17) is 4.74 Å². The molecule has 0 bridgehead atoms. The van der Waals surface area contributed by atoms with Gasteiger partial charge >= 0.3 is 0 Å². The second-order valence-corrected chi connectivity index (χ2v) is 3.77. The number of likely N-dealkylation sites (N-methyl/N-ethyl adjacent to an activating group) is 1. The van der Waals surface area contributed by atoms with E-state index in [9.17, 15) is 4.79 Å². The molecule has 1 atom stereocenters. The minimum atomic E-state index is 0.385. The van der Waals surface area contributed by atoms with Crippen molar-refractivity contribution in [2.24, 2.45) is 0 Å². The van der Waals surface area contributed by atoms with Crippen LogP contribution in [0.5, 0.6) is 5.75 Å². The summed E-state index contributed by atoms with van der Waals surface area (Å²) in [6.45, 7) is 2.81. The Balaban J connectivity index is 2.43. The quantitative estimate of drug-likeness (QED) is 0.718. The van der Waals surface area contributed by atoms with E-state index >= 15 is 0 Å². The summed E-state index contributed by atoms with van der Waals surface area (Å²) < 4.78 is 5.63. The maximum atomic E-state index is 10.5. The molecule has 16 heavy (non-hydrogen) atoms. The summed E-state index contributed by atoms with van der Waals surface area (Å²) in [6.07, 6.45) is 3.07. The maximum Gasteiger partial charge on any atom is 0.150 e. The number of hydrogen-bond acceptors (Lipinski definition) is 3. The largest absolute Gasteiger partial charge is 0.492 e. The molecule has 1 rings (SSSR count). The number of benzene rings is 1. The molecule has 0 spiro atoms. The zero-order valence-electron chi connectivity index (χ0n) is 9.90. The van der Waals surface area contributed by atoms with Crippen LogP contribution in [0.4, 0.5) is 0 Å². The van der Waals surface area contributed by atoms with Crippen LogP contribution in [0.25, 0.3) is 0 Å². The van der Waals surface area contributed by atoms with Gasteiger partial charge in [-0.15, -0.1) is 0 Å².